The molecule has 1 aliphatic rings. The minimum absolute atomic E-state index is 0.391. The van der Waals surface area contributed by atoms with E-state index in [4.69, 9.17) is 4.74 Å². The number of nitrogens with one attached hydrogen (secondary N) is 1. The molecule has 0 saturated heterocycles. The summed E-state index contributed by atoms with van der Waals surface area (Å²) in [5.74, 6) is 0. The van der Waals surface area contributed by atoms with Crippen molar-refractivity contribution >= 4 is 11.3 Å². The van der Waals surface area contributed by atoms with Crippen LogP contribution in [0, 0.1) is 0 Å². The van der Waals surface area contributed by atoms with Crippen molar-refractivity contribution in [3.63, 3.8) is 0 Å². The summed E-state index contributed by atoms with van der Waals surface area (Å²) in [5, 5.41) is 15.1. The van der Waals surface area contributed by atoms with Crippen LogP contribution in [0.15, 0.2) is 17.5 Å². The third kappa shape index (κ3) is 4.76. The largest absolute Gasteiger partial charge is 0.389 e. The van der Waals surface area contributed by atoms with Crippen molar-refractivity contribution < 1.29 is 9.84 Å². The lowest BCUT2D eigenvalue weighted by atomic mass is 10.3. The summed E-state index contributed by atoms with van der Waals surface area (Å²) in [4.78, 5) is 1.30. The average Bonchev–Trinajstić information content (AvgIpc) is 2.99. The lowest BCUT2D eigenvalue weighted by Crippen LogP contribution is -2.31. The van der Waals surface area contributed by atoms with Gasteiger partial charge in [0.2, 0.25) is 0 Å². The Morgan fingerprint density at radius 2 is 2.29 bits per heavy atom. The molecule has 1 aromatic heterocycles. The fourth-order valence-electron chi connectivity index (χ4n) is 2.14. The molecule has 0 amide bonds. The van der Waals surface area contributed by atoms with Crippen LogP contribution >= 0.6 is 11.3 Å². The summed E-state index contributed by atoms with van der Waals surface area (Å²) in [6.07, 6.45) is 4.87. The Hall–Kier alpha value is -0.420. The maximum absolute atomic E-state index is 9.75. The molecule has 3 nitrogen and oxygen atoms in total. The first-order chi connectivity index (χ1) is 8.34. The molecule has 1 atom stereocenters. The lowest BCUT2D eigenvalue weighted by Gasteiger charge is -2.15. The molecule has 0 aromatic carbocycles. The molecule has 2 rings (SSSR count). The van der Waals surface area contributed by atoms with E-state index in [1.165, 1.54) is 17.7 Å². The molecule has 1 unspecified atom stereocenters. The van der Waals surface area contributed by atoms with Crippen molar-refractivity contribution in [2.45, 2.75) is 44.4 Å². The number of aliphatic hydroxyl groups is 1. The van der Waals surface area contributed by atoms with E-state index in [-0.39, 0.29) is 0 Å². The van der Waals surface area contributed by atoms with Gasteiger partial charge in [-0.1, -0.05) is 18.9 Å². The highest BCUT2D eigenvalue weighted by Crippen LogP contribution is 2.20. The molecule has 1 aromatic rings. The van der Waals surface area contributed by atoms with Crippen LogP contribution in [-0.2, 0) is 11.3 Å². The van der Waals surface area contributed by atoms with Crippen LogP contribution in [0.2, 0.25) is 0 Å². The molecular formula is C13H21NO2S. The highest BCUT2D eigenvalue weighted by Gasteiger charge is 2.16. The van der Waals surface area contributed by atoms with Gasteiger partial charge >= 0.3 is 0 Å². The fourth-order valence-corrected chi connectivity index (χ4v) is 2.81. The summed E-state index contributed by atoms with van der Waals surface area (Å²) in [7, 11) is 0. The quantitative estimate of drug-likeness (QED) is 0.784. The zero-order chi connectivity index (χ0) is 11.9. The number of ether oxygens (including phenoxy) is 1. The monoisotopic (exact) mass is 255 g/mol. The van der Waals surface area contributed by atoms with Crippen molar-refractivity contribution in [3.05, 3.63) is 22.4 Å². The highest BCUT2D eigenvalue weighted by molar-refractivity contribution is 7.09. The summed E-state index contributed by atoms with van der Waals surface area (Å²) in [6.45, 7) is 1.89. The maximum Gasteiger partial charge on any atom is 0.0897 e. The van der Waals surface area contributed by atoms with Crippen molar-refractivity contribution in [1.82, 2.24) is 5.32 Å². The first kappa shape index (κ1) is 13.0. The number of hydrogen-bond acceptors (Lipinski definition) is 4. The number of thiophene rings is 1. The lowest BCUT2D eigenvalue weighted by molar-refractivity contribution is -0.00548. The van der Waals surface area contributed by atoms with Gasteiger partial charge < -0.3 is 15.2 Å². The van der Waals surface area contributed by atoms with Gasteiger partial charge in [-0.2, -0.15) is 0 Å². The molecule has 1 fully saturated rings. The Kier molecular flexibility index (Phi) is 5.45. The molecule has 0 aliphatic heterocycles. The fraction of sp³-hybridized carbons (Fsp3) is 0.692. The Bertz CT molecular complexity index is 296. The Morgan fingerprint density at radius 1 is 1.47 bits per heavy atom. The minimum atomic E-state index is -0.393. The molecule has 1 aliphatic carbocycles. The van der Waals surface area contributed by atoms with Crippen molar-refractivity contribution in [2.24, 2.45) is 0 Å². The summed E-state index contributed by atoms with van der Waals surface area (Å²) < 4.78 is 5.67. The second kappa shape index (κ2) is 7.11. The van der Waals surface area contributed by atoms with Crippen LogP contribution in [-0.4, -0.2) is 30.5 Å². The van der Waals surface area contributed by atoms with Gasteiger partial charge in [0.25, 0.3) is 0 Å². The molecule has 17 heavy (non-hydrogen) atoms. The van der Waals surface area contributed by atoms with Gasteiger partial charge in [-0.15, -0.1) is 11.3 Å². The first-order valence-corrected chi connectivity index (χ1v) is 7.25. The summed E-state index contributed by atoms with van der Waals surface area (Å²) in [5.41, 5.74) is 0. The molecule has 4 heteroatoms. The normalized spacial score (nSPS) is 18.6. The van der Waals surface area contributed by atoms with Gasteiger partial charge in [0.15, 0.2) is 0 Å². The van der Waals surface area contributed by atoms with Crippen LogP contribution in [0.25, 0.3) is 0 Å². The van der Waals surface area contributed by atoms with Crippen LogP contribution in [0.5, 0.6) is 0 Å². The van der Waals surface area contributed by atoms with E-state index in [0.717, 1.165) is 19.4 Å². The second-order valence-electron chi connectivity index (χ2n) is 4.60. The maximum atomic E-state index is 9.75. The van der Waals surface area contributed by atoms with E-state index in [1.807, 2.05) is 6.07 Å². The molecule has 96 valence electrons. The summed E-state index contributed by atoms with van der Waals surface area (Å²) in [6, 6.07) is 4.14. The van der Waals surface area contributed by atoms with Crippen molar-refractivity contribution in [1.29, 1.82) is 0 Å². The van der Waals surface area contributed by atoms with Gasteiger partial charge in [-0.05, 0) is 24.3 Å². The molecule has 0 bridgehead atoms. The minimum Gasteiger partial charge on any atom is -0.389 e. The number of rotatable bonds is 7. The Labute approximate surface area is 107 Å². The Balaban J connectivity index is 1.52. The SMILES string of the molecule is OC(CNCc1cccs1)COC1CCCC1. The second-order valence-corrected chi connectivity index (χ2v) is 5.64. The van der Waals surface area contributed by atoms with Crippen LogP contribution in [0.1, 0.15) is 30.6 Å². The van der Waals surface area contributed by atoms with E-state index in [0.29, 0.717) is 19.3 Å². The number of hydrogen-bond donors (Lipinski definition) is 2. The van der Waals surface area contributed by atoms with Crippen LogP contribution in [0.4, 0.5) is 0 Å². The summed E-state index contributed by atoms with van der Waals surface area (Å²) >= 11 is 1.73. The third-order valence-electron chi connectivity index (χ3n) is 3.09. The first-order valence-electron chi connectivity index (χ1n) is 6.37. The van der Waals surface area contributed by atoms with Crippen molar-refractivity contribution in [3.8, 4) is 0 Å². The van der Waals surface area contributed by atoms with E-state index in [1.54, 1.807) is 11.3 Å². The van der Waals surface area contributed by atoms with Crippen LogP contribution in [0.3, 0.4) is 0 Å². The predicted octanol–water partition coefficient (Wildman–Crippen LogP) is 2.16. The van der Waals surface area contributed by atoms with E-state index in [9.17, 15) is 5.11 Å². The highest BCUT2D eigenvalue weighted by atomic mass is 32.1. The molecule has 0 spiro atoms. The van der Waals surface area contributed by atoms with E-state index >= 15 is 0 Å². The average molecular weight is 255 g/mol. The third-order valence-corrected chi connectivity index (χ3v) is 3.96. The van der Waals surface area contributed by atoms with Gasteiger partial charge in [0, 0.05) is 18.0 Å². The van der Waals surface area contributed by atoms with Gasteiger partial charge in [-0.25, -0.2) is 0 Å². The van der Waals surface area contributed by atoms with Crippen molar-refractivity contribution in [2.75, 3.05) is 13.2 Å². The Morgan fingerprint density at radius 3 is 3.00 bits per heavy atom. The zero-order valence-electron chi connectivity index (χ0n) is 10.1. The van der Waals surface area contributed by atoms with E-state index < -0.39 is 6.10 Å². The van der Waals surface area contributed by atoms with Gasteiger partial charge in [0.1, 0.15) is 0 Å². The molecule has 0 radical (unpaired) electrons. The standard InChI is InChI=1S/C13H21NO2S/c15-11(10-16-12-4-1-2-5-12)8-14-9-13-6-3-7-17-13/h3,6-7,11-12,14-15H,1-2,4-5,8-10H2. The van der Waals surface area contributed by atoms with Gasteiger partial charge in [0.05, 0.1) is 18.8 Å². The van der Waals surface area contributed by atoms with Gasteiger partial charge in [-0.3, -0.25) is 0 Å². The molecular weight excluding hydrogens is 234 g/mol. The number of aliphatic hydroxyl groups excluding tert-OH is 1. The molecule has 1 heterocycles. The smallest absolute Gasteiger partial charge is 0.0897 e. The molecule has 2 N–H and O–H groups in total. The van der Waals surface area contributed by atoms with E-state index in [2.05, 4.69) is 16.8 Å². The predicted molar refractivity (Wildman–Crippen MR) is 70.2 cm³/mol. The topological polar surface area (TPSA) is 41.5 Å². The molecule has 1 saturated carbocycles. The van der Waals surface area contributed by atoms with Crippen LogP contribution < -0.4 is 5.32 Å². The zero-order valence-corrected chi connectivity index (χ0v) is 10.9.